The van der Waals surface area contributed by atoms with Crippen molar-refractivity contribution in [1.82, 2.24) is 66.8 Å². The van der Waals surface area contributed by atoms with Gasteiger partial charge in [-0.1, -0.05) is 44.2 Å². The number of nitrogens with zero attached hydrogens (tertiary/aromatic N) is 7. The van der Waals surface area contributed by atoms with E-state index in [9.17, 15) is 38.7 Å². The van der Waals surface area contributed by atoms with Crippen molar-refractivity contribution < 1.29 is 48.5 Å². The van der Waals surface area contributed by atoms with Crippen molar-refractivity contribution in [3.8, 4) is 42.5 Å². The molecular formula is C52H52N14O10S6. The van der Waals surface area contributed by atoms with E-state index in [1.54, 1.807) is 71.7 Å². The largest absolute Gasteiger partial charge is 0.481 e. The first-order valence-electron chi connectivity index (χ1n) is 25.2. The van der Waals surface area contributed by atoms with Crippen LogP contribution in [0.5, 0.6) is 0 Å². The summed E-state index contributed by atoms with van der Waals surface area (Å²) in [5, 5.41) is 47.4. The molecule has 0 aliphatic carbocycles. The summed E-state index contributed by atoms with van der Waals surface area (Å²) in [7, 11) is 2.93. The zero-order valence-corrected chi connectivity index (χ0v) is 49.1. The number of urea groups is 1. The van der Waals surface area contributed by atoms with Crippen LogP contribution in [0.25, 0.3) is 42.5 Å². The number of carbonyl (C=O) groups excluding carboxylic acids is 6. The number of aliphatic hydroxyl groups is 1. The number of aromatic nitrogens is 7. The number of carbonyl (C=O) groups is 7. The van der Waals surface area contributed by atoms with E-state index in [0.29, 0.717) is 67.9 Å². The lowest BCUT2D eigenvalue weighted by Crippen LogP contribution is -2.40. The van der Waals surface area contributed by atoms with Gasteiger partial charge in [-0.2, -0.15) is 0 Å². The molecule has 0 saturated carbocycles. The Bertz CT molecular complexity index is 3670. The molecule has 0 spiro atoms. The average Bonchev–Trinajstić information content (AvgIpc) is 4.45. The number of aliphatic carboxylic acids is 1. The van der Waals surface area contributed by atoms with Crippen LogP contribution in [0.3, 0.4) is 0 Å². The number of thiazole rings is 6. The Morgan fingerprint density at radius 3 is 2.28 bits per heavy atom. The van der Waals surface area contributed by atoms with Crippen LogP contribution in [0, 0.1) is 12.8 Å². The number of carboxylic acids is 1. The van der Waals surface area contributed by atoms with Gasteiger partial charge in [0.25, 0.3) is 17.7 Å². The van der Waals surface area contributed by atoms with Crippen LogP contribution >= 0.6 is 68.0 Å². The van der Waals surface area contributed by atoms with E-state index in [-0.39, 0.29) is 66.2 Å². The standard InChI is InChI=1S/C52H52N14O10S6/c1-23(2)37-51-66-40(32(82-51)19-76-5)44(73)55-18-35(68)63-41(42(71)25-10-7-6-8-11-25)50-60-30(21-78-50)47-56-17-31(81-47)39-26(13-14-27(57-39)48-61-33(22-79-48)62-52(75)54-15-9-12-36(69)70)46-59-29(20-77-46)43(72)58-28(16-34(67)53-4)49-65-38(24(3)80-49)45(74)64-37/h6-8,10-11,13-14,17,20-23,28,37,41-42,71H,9,12,15-16,18-19H2,1-5H3,(H,53,67)(H,55,73)(H,58,72)(H,63,68)(H,64,74)(H,69,70)(H2,54,62,75)/t28-,37-,41-,42-/m0/s1. The molecule has 4 atom stereocenters. The van der Waals surface area contributed by atoms with Gasteiger partial charge in [0.2, 0.25) is 11.8 Å². The number of pyridine rings is 1. The second kappa shape index (κ2) is 26.4. The summed E-state index contributed by atoms with van der Waals surface area (Å²) in [6.45, 7) is 5.08. The Morgan fingerprint density at radius 2 is 1.52 bits per heavy atom. The lowest BCUT2D eigenvalue weighted by Gasteiger charge is -2.23. The van der Waals surface area contributed by atoms with Crippen molar-refractivity contribution in [3.05, 3.63) is 112 Å². The summed E-state index contributed by atoms with van der Waals surface area (Å²) in [4.78, 5) is 128. The normalized spacial score (nSPS) is 16.3. The van der Waals surface area contributed by atoms with Crippen LogP contribution in [-0.2, 0) is 25.7 Å². The minimum Gasteiger partial charge on any atom is -0.481 e. The molecule has 0 saturated heterocycles. The summed E-state index contributed by atoms with van der Waals surface area (Å²) in [6.07, 6.45) is 0.249. The first-order valence-corrected chi connectivity index (χ1v) is 30.3. The van der Waals surface area contributed by atoms with Crippen molar-refractivity contribution in [3.63, 3.8) is 0 Å². The Balaban J connectivity index is 1.11. The van der Waals surface area contributed by atoms with E-state index >= 15 is 0 Å². The molecule has 7 aromatic heterocycles. The van der Waals surface area contributed by atoms with Gasteiger partial charge < -0.3 is 46.9 Å². The third-order valence-electron chi connectivity index (χ3n) is 12.3. The summed E-state index contributed by atoms with van der Waals surface area (Å²) >= 11 is 7.11. The minimum atomic E-state index is -1.28. The topological polar surface area (TPSA) is 344 Å². The fourth-order valence-corrected chi connectivity index (χ4v) is 13.9. The molecule has 9 N–H and O–H groups in total. The maximum atomic E-state index is 14.3. The molecule has 426 valence electrons. The third kappa shape index (κ3) is 13.9. The number of aliphatic hydroxyl groups excluding tert-OH is 1. The number of ether oxygens (including phenoxy) is 1. The van der Waals surface area contributed by atoms with E-state index in [4.69, 9.17) is 29.8 Å². The van der Waals surface area contributed by atoms with Gasteiger partial charge in [-0.15, -0.1) is 68.0 Å². The SMILES string of the molecule is CNC(=O)C[C@@H]1NC(=O)c2csc(n2)-c2ccc(-c3nc(NC(=O)NCCCC(=O)O)cs3)nc2-c2cnc(s2)-c2csc(n2)[C@H]([C@@H](O)c2ccccc2)NC(=O)CNC(=O)c2nc(sc2COC)[C@H](C(C)C)NC(=O)c2nc1sc2C. The number of hydrogen-bond donors (Lipinski definition) is 9. The first-order chi connectivity index (χ1) is 39.5. The Hall–Kier alpha value is -7.84. The molecule has 0 fully saturated rings. The number of carboxylic acid groups (broad SMARTS) is 1. The van der Waals surface area contributed by atoms with Crippen LogP contribution < -0.4 is 37.2 Å². The van der Waals surface area contributed by atoms with E-state index in [1.807, 2.05) is 13.8 Å². The molecule has 10 bridgehead atoms. The number of nitrogens with one attached hydrogen (secondary N) is 7. The summed E-state index contributed by atoms with van der Waals surface area (Å²) in [5.74, 6) is -3.90. The zero-order valence-electron chi connectivity index (χ0n) is 44.2. The number of anilines is 1. The van der Waals surface area contributed by atoms with Gasteiger partial charge in [0.05, 0.1) is 52.8 Å². The van der Waals surface area contributed by atoms with Crippen molar-refractivity contribution in [2.45, 2.75) is 70.9 Å². The highest BCUT2D eigenvalue weighted by Gasteiger charge is 2.33. The molecule has 8 heterocycles. The fraction of sp³-hybridized carbons (Fsp3) is 0.308. The highest BCUT2D eigenvalue weighted by molar-refractivity contribution is 7.19. The highest BCUT2D eigenvalue weighted by Crippen LogP contribution is 2.41. The highest BCUT2D eigenvalue weighted by atomic mass is 32.1. The van der Waals surface area contributed by atoms with Gasteiger partial charge in [-0.25, -0.2) is 39.7 Å². The van der Waals surface area contributed by atoms with Gasteiger partial charge in [-0.05, 0) is 37.0 Å². The number of fused-ring (bicyclic) bond motifs is 14. The predicted molar refractivity (Wildman–Crippen MR) is 311 cm³/mol. The van der Waals surface area contributed by atoms with Crippen LogP contribution in [-0.4, -0.2) is 114 Å². The molecule has 24 nitrogen and oxygen atoms in total. The van der Waals surface area contributed by atoms with Crippen molar-refractivity contribution >= 4 is 115 Å². The van der Waals surface area contributed by atoms with Crippen LogP contribution in [0.15, 0.2) is 64.8 Å². The zero-order chi connectivity index (χ0) is 58.2. The quantitative estimate of drug-likeness (QED) is 0.0511. The van der Waals surface area contributed by atoms with Crippen LogP contribution in [0.2, 0.25) is 0 Å². The number of aryl methyl sites for hydroxylation is 1. The number of hydrogen-bond acceptors (Lipinski definition) is 22. The van der Waals surface area contributed by atoms with Gasteiger partial charge in [0.15, 0.2) is 0 Å². The van der Waals surface area contributed by atoms with E-state index in [1.165, 1.54) is 70.8 Å². The molecule has 30 heteroatoms. The maximum Gasteiger partial charge on any atom is 0.320 e. The third-order valence-corrected chi connectivity index (χ3v) is 18.2. The molecule has 0 radical (unpaired) electrons. The summed E-state index contributed by atoms with van der Waals surface area (Å²) < 4.78 is 5.44. The second-order valence-corrected chi connectivity index (χ2v) is 24.5. The average molecular weight is 1230 g/mol. The molecular weight excluding hydrogens is 1170 g/mol. The van der Waals surface area contributed by atoms with E-state index < -0.39 is 72.3 Å². The summed E-state index contributed by atoms with van der Waals surface area (Å²) in [5.41, 5.74) is 2.32. The number of rotatable bonds is 13. The lowest BCUT2D eigenvalue weighted by molar-refractivity contribution is -0.137. The number of amides is 7. The van der Waals surface area contributed by atoms with Gasteiger partial charge in [0, 0.05) is 59.9 Å². The first kappa shape index (κ1) is 58.8. The lowest BCUT2D eigenvalue weighted by atomic mass is 10.0. The molecule has 1 aliphatic rings. The van der Waals surface area contributed by atoms with Gasteiger partial charge in [0.1, 0.15) is 70.8 Å². The summed E-state index contributed by atoms with van der Waals surface area (Å²) in [6, 6.07) is 8.86. The fourth-order valence-electron chi connectivity index (χ4n) is 8.24. The predicted octanol–water partition coefficient (Wildman–Crippen LogP) is 7.30. The Labute approximate surface area is 491 Å². The maximum absolute atomic E-state index is 14.3. The molecule has 82 heavy (non-hydrogen) atoms. The van der Waals surface area contributed by atoms with Crippen LogP contribution in [0.4, 0.5) is 10.6 Å². The smallest absolute Gasteiger partial charge is 0.320 e. The van der Waals surface area contributed by atoms with Crippen molar-refractivity contribution in [2.24, 2.45) is 5.92 Å². The monoisotopic (exact) mass is 1220 g/mol. The minimum absolute atomic E-state index is 0.00161. The van der Waals surface area contributed by atoms with Gasteiger partial charge in [-0.3, -0.25) is 34.1 Å². The number of methoxy groups -OCH3 is 1. The molecule has 1 aliphatic heterocycles. The van der Waals surface area contributed by atoms with Gasteiger partial charge >= 0.3 is 12.0 Å². The Morgan fingerprint density at radius 1 is 0.756 bits per heavy atom. The second-order valence-electron chi connectivity index (χ2n) is 18.5. The molecule has 0 unspecified atom stereocenters. The molecule has 9 rings (SSSR count). The van der Waals surface area contributed by atoms with Crippen molar-refractivity contribution in [1.29, 1.82) is 0 Å². The Kier molecular flexibility index (Phi) is 18.9. The van der Waals surface area contributed by atoms with E-state index in [0.717, 1.165) is 11.3 Å². The molecule has 1 aromatic carbocycles. The van der Waals surface area contributed by atoms with Crippen LogP contribution in [0.1, 0.15) is 119 Å². The van der Waals surface area contributed by atoms with Crippen molar-refractivity contribution in [2.75, 3.05) is 32.6 Å². The number of benzene rings is 1. The van der Waals surface area contributed by atoms with E-state index in [2.05, 4.69) is 52.2 Å². The molecule has 8 aromatic rings. The molecule has 7 amide bonds.